The van der Waals surface area contributed by atoms with Crippen molar-refractivity contribution in [2.75, 3.05) is 35.7 Å². The van der Waals surface area contributed by atoms with Gasteiger partial charge in [-0.15, -0.1) is 0 Å². The van der Waals surface area contributed by atoms with Crippen LogP contribution in [0.15, 0.2) is 53.4 Å². The average Bonchev–Trinajstić information content (AvgIpc) is 2.54. The van der Waals surface area contributed by atoms with Gasteiger partial charge in [0.25, 0.3) is 10.0 Å². The van der Waals surface area contributed by atoms with Crippen LogP contribution in [0.3, 0.4) is 0 Å². The van der Waals surface area contributed by atoms with Gasteiger partial charge < -0.3 is 10.2 Å². The fourth-order valence-corrected chi connectivity index (χ4v) is 3.52. The van der Waals surface area contributed by atoms with Crippen LogP contribution in [0.2, 0.25) is 0 Å². The molecule has 128 valence electrons. The highest BCUT2D eigenvalue weighted by Gasteiger charge is 2.23. The number of sulfonamides is 1. The van der Waals surface area contributed by atoms with Crippen LogP contribution in [0.25, 0.3) is 0 Å². The van der Waals surface area contributed by atoms with Crippen LogP contribution in [0.4, 0.5) is 17.1 Å². The minimum atomic E-state index is -3.70. The number of nitrogens with zero attached hydrogens (tertiary/aromatic N) is 2. The first kappa shape index (κ1) is 17.8. The number of anilines is 3. The molecule has 1 amide bonds. The molecule has 0 fully saturated rings. The molecule has 0 aromatic heterocycles. The second kappa shape index (κ2) is 6.92. The third-order valence-electron chi connectivity index (χ3n) is 3.54. The van der Waals surface area contributed by atoms with Gasteiger partial charge in [0.05, 0.1) is 16.3 Å². The van der Waals surface area contributed by atoms with E-state index in [2.05, 4.69) is 5.32 Å². The molecule has 0 saturated carbocycles. The Kier molecular flexibility index (Phi) is 5.14. The standard InChI is InChI=1S/C17H21N3O3S/c1-13(21)18-14-9-11-15(12-10-14)24(22,23)20(4)17-8-6-5-7-16(17)19(2)3/h5-12H,1-4H3,(H,18,21). The van der Waals surface area contributed by atoms with E-state index < -0.39 is 10.0 Å². The molecule has 0 unspecified atom stereocenters. The zero-order chi connectivity index (χ0) is 17.9. The number of rotatable bonds is 5. The molecule has 0 heterocycles. The van der Waals surface area contributed by atoms with Crippen molar-refractivity contribution in [2.45, 2.75) is 11.8 Å². The molecule has 7 heteroatoms. The van der Waals surface area contributed by atoms with Crippen LogP contribution in [0, 0.1) is 0 Å². The highest BCUT2D eigenvalue weighted by Crippen LogP contribution is 2.31. The highest BCUT2D eigenvalue weighted by atomic mass is 32.2. The molecule has 2 rings (SSSR count). The Hall–Kier alpha value is -2.54. The van der Waals surface area contributed by atoms with Crippen molar-refractivity contribution in [1.82, 2.24) is 0 Å². The van der Waals surface area contributed by atoms with E-state index in [1.54, 1.807) is 24.3 Å². The van der Waals surface area contributed by atoms with E-state index in [0.29, 0.717) is 11.4 Å². The van der Waals surface area contributed by atoms with E-state index in [1.807, 2.05) is 31.1 Å². The monoisotopic (exact) mass is 347 g/mol. The van der Waals surface area contributed by atoms with Crippen LogP contribution < -0.4 is 14.5 Å². The number of carbonyl (C=O) groups excluding carboxylic acids is 1. The molecule has 0 atom stereocenters. The van der Waals surface area contributed by atoms with Crippen molar-refractivity contribution < 1.29 is 13.2 Å². The summed E-state index contributed by atoms with van der Waals surface area (Å²) in [4.78, 5) is 13.1. The van der Waals surface area contributed by atoms with Crippen molar-refractivity contribution in [3.63, 3.8) is 0 Å². The van der Waals surface area contributed by atoms with Crippen molar-refractivity contribution in [3.05, 3.63) is 48.5 Å². The molecular formula is C17H21N3O3S. The van der Waals surface area contributed by atoms with Crippen molar-refractivity contribution in [1.29, 1.82) is 0 Å². The fourth-order valence-electron chi connectivity index (χ4n) is 2.31. The normalized spacial score (nSPS) is 11.0. The lowest BCUT2D eigenvalue weighted by molar-refractivity contribution is -0.114. The van der Waals surface area contributed by atoms with Gasteiger partial charge in [-0.2, -0.15) is 0 Å². The van der Waals surface area contributed by atoms with Gasteiger partial charge in [-0.1, -0.05) is 12.1 Å². The first-order valence-corrected chi connectivity index (χ1v) is 8.80. The maximum absolute atomic E-state index is 12.9. The van der Waals surface area contributed by atoms with E-state index in [1.165, 1.54) is 30.4 Å². The van der Waals surface area contributed by atoms with Gasteiger partial charge in [0, 0.05) is 33.8 Å². The molecule has 2 aromatic carbocycles. The van der Waals surface area contributed by atoms with Gasteiger partial charge in [-0.3, -0.25) is 9.10 Å². The number of para-hydroxylation sites is 2. The summed E-state index contributed by atoms with van der Waals surface area (Å²) in [5.41, 5.74) is 1.95. The zero-order valence-corrected chi connectivity index (χ0v) is 15.0. The number of hydrogen-bond acceptors (Lipinski definition) is 4. The summed E-state index contributed by atoms with van der Waals surface area (Å²) in [6, 6.07) is 13.4. The summed E-state index contributed by atoms with van der Waals surface area (Å²) in [6.45, 7) is 1.40. The highest BCUT2D eigenvalue weighted by molar-refractivity contribution is 7.92. The van der Waals surface area contributed by atoms with Gasteiger partial charge in [0.15, 0.2) is 0 Å². The molecular weight excluding hydrogens is 326 g/mol. The maximum Gasteiger partial charge on any atom is 0.264 e. The predicted molar refractivity (Wildman–Crippen MR) is 97.1 cm³/mol. The van der Waals surface area contributed by atoms with Crippen molar-refractivity contribution >= 4 is 33.0 Å². The van der Waals surface area contributed by atoms with E-state index in [9.17, 15) is 13.2 Å². The van der Waals surface area contributed by atoms with Crippen LogP contribution in [0.1, 0.15) is 6.92 Å². The van der Waals surface area contributed by atoms with Gasteiger partial charge >= 0.3 is 0 Å². The molecule has 1 N–H and O–H groups in total. The van der Waals surface area contributed by atoms with E-state index in [0.717, 1.165) is 5.69 Å². The Bertz CT molecular complexity index is 830. The first-order chi connectivity index (χ1) is 11.2. The topological polar surface area (TPSA) is 69.7 Å². The lowest BCUT2D eigenvalue weighted by atomic mass is 10.2. The first-order valence-electron chi connectivity index (χ1n) is 7.36. The van der Waals surface area contributed by atoms with Gasteiger partial charge in [-0.25, -0.2) is 8.42 Å². The van der Waals surface area contributed by atoms with E-state index in [-0.39, 0.29) is 10.8 Å². The summed E-state index contributed by atoms with van der Waals surface area (Å²) >= 11 is 0. The maximum atomic E-state index is 12.9. The number of amides is 1. The molecule has 0 aliphatic rings. The number of carbonyl (C=O) groups is 1. The minimum absolute atomic E-state index is 0.160. The lowest BCUT2D eigenvalue weighted by Crippen LogP contribution is -2.28. The lowest BCUT2D eigenvalue weighted by Gasteiger charge is -2.25. The molecule has 0 radical (unpaired) electrons. The number of benzene rings is 2. The van der Waals surface area contributed by atoms with E-state index in [4.69, 9.17) is 0 Å². The molecule has 0 aliphatic heterocycles. The average molecular weight is 347 g/mol. The minimum Gasteiger partial charge on any atom is -0.376 e. The number of hydrogen-bond donors (Lipinski definition) is 1. The second-order valence-corrected chi connectivity index (χ2v) is 7.53. The fraction of sp³-hybridized carbons (Fsp3) is 0.235. The quantitative estimate of drug-likeness (QED) is 0.902. The molecule has 6 nitrogen and oxygen atoms in total. The van der Waals surface area contributed by atoms with Crippen LogP contribution in [0.5, 0.6) is 0 Å². The molecule has 0 aliphatic carbocycles. The van der Waals surface area contributed by atoms with Gasteiger partial charge in [0.2, 0.25) is 5.91 Å². The molecule has 2 aromatic rings. The Balaban J connectivity index is 2.38. The van der Waals surface area contributed by atoms with Crippen LogP contribution in [-0.4, -0.2) is 35.5 Å². The predicted octanol–water partition coefficient (Wildman–Crippen LogP) is 2.54. The van der Waals surface area contributed by atoms with Crippen LogP contribution in [-0.2, 0) is 14.8 Å². The summed E-state index contributed by atoms with van der Waals surface area (Å²) in [6.07, 6.45) is 0. The Morgan fingerprint density at radius 2 is 1.46 bits per heavy atom. The third kappa shape index (κ3) is 3.68. The Morgan fingerprint density at radius 1 is 0.917 bits per heavy atom. The van der Waals surface area contributed by atoms with E-state index >= 15 is 0 Å². The summed E-state index contributed by atoms with van der Waals surface area (Å²) < 4.78 is 27.0. The summed E-state index contributed by atoms with van der Waals surface area (Å²) in [7, 11) is 1.55. The smallest absolute Gasteiger partial charge is 0.264 e. The second-order valence-electron chi connectivity index (χ2n) is 5.56. The zero-order valence-electron chi connectivity index (χ0n) is 14.1. The van der Waals surface area contributed by atoms with Crippen molar-refractivity contribution in [3.8, 4) is 0 Å². The molecule has 0 bridgehead atoms. The Labute approximate surface area is 142 Å². The summed E-state index contributed by atoms with van der Waals surface area (Å²) in [5.74, 6) is -0.206. The largest absolute Gasteiger partial charge is 0.376 e. The van der Waals surface area contributed by atoms with Crippen LogP contribution >= 0.6 is 0 Å². The molecule has 0 spiro atoms. The van der Waals surface area contributed by atoms with Gasteiger partial charge in [-0.05, 0) is 36.4 Å². The van der Waals surface area contributed by atoms with Gasteiger partial charge in [0.1, 0.15) is 0 Å². The third-order valence-corrected chi connectivity index (χ3v) is 5.32. The SMILES string of the molecule is CC(=O)Nc1ccc(S(=O)(=O)N(C)c2ccccc2N(C)C)cc1. The molecule has 24 heavy (non-hydrogen) atoms. The van der Waals surface area contributed by atoms with Crippen molar-refractivity contribution in [2.24, 2.45) is 0 Å². The number of nitrogens with one attached hydrogen (secondary N) is 1. The summed E-state index contributed by atoms with van der Waals surface area (Å²) in [5, 5.41) is 2.61. The molecule has 0 saturated heterocycles. The Morgan fingerprint density at radius 3 is 1.96 bits per heavy atom.